The number of fused-ring (bicyclic) bond motifs is 1. The summed E-state index contributed by atoms with van der Waals surface area (Å²) in [5.41, 5.74) is 3.83. The minimum Gasteiger partial charge on any atom is -0.488 e. The lowest BCUT2D eigenvalue weighted by atomic mass is 9.93. The summed E-state index contributed by atoms with van der Waals surface area (Å²) in [6.07, 6.45) is 1.79. The number of hydrogen-bond donors (Lipinski definition) is 0. The smallest absolute Gasteiger partial charge is 0.338 e. The van der Waals surface area contributed by atoms with E-state index in [0.29, 0.717) is 42.3 Å². The van der Waals surface area contributed by atoms with Gasteiger partial charge in [-0.2, -0.15) is 0 Å². The van der Waals surface area contributed by atoms with E-state index >= 15 is 0 Å². The van der Waals surface area contributed by atoms with E-state index in [-0.39, 0.29) is 24.6 Å². The molecule has 0 amide bonds. The number of nitrogens with zero attached hydrogens (tertiary/aromatic N) is 2. The number of benzene rings is 3. The molecule has 2 heterocycles. The molecule has 0 saturated heterocycles. The zero-order valence-electron chi connectivity index (χ0n) is 23.7. The Hall–Kier alpha value is -3.82. The SMILES string of the molecule is CCOC(=O)C1=C(C)N=c2sc(=Cc3ccc(OCc4ccccc4F)c(Br)c3)c(=O)n2C1c1ccc(C(C)C)cc1. The highest BCUT2D eigenvalue weighted by atomic mass is 79.9. The summed E-state index contributed by atoms with van der Waals surface area (Å²) in [4.78, 5) is 32.2. The molecular weight excluding hydrogens is 619 g/mol. The van der Waals surface area contributed by atoms with Gasteiger partial charge in [-0.3, -0.25) is 9.36 Å². The summed E-state index contributed by atoms with van der Waals surface area (Å²) in [7, 11) is 0. The van der Waals surface area contributed by atoms with Crippen LogP contribution >= 0.6 is 27.3 Å². The van der Waals surface area contributed by atoms with Gasteiger partial charge < -0.3 is 9.47 Å². The topological polar surface area (TPSA) is 69.9 Å². The van der Waals surface area contributed by atoms with E-state index in [9.17, 15) is 14.0 Å². The fourth-order valence-corrected chi connectivity index (χ4v) is 6.37. The molecule has 1 atom stereocenters. The molecule has 1 aliphatic rings. The second-order valence-corrected chi connectivity index (χ2v) is 12.1. The normalized spacial score (nSPS) is 15.0. The fraction of sp³-hybridized carbons (Fsp3) is 0.242. The predicted molar refractivity (Wildman–Crippen MR) is 166 cm³/mol. The number of halogens is 2. The molecule has 1 aliphatic heterocycles. The zero-order chi connectivity index (χ0) is 30.0. The molecule has 6 nitrogen and oxygen atoms in total. The third-order valence-corrected chi connectivity index (χ3v) is 8.63. The Morgan fingerprint density at radius 1 is 1.14 bits per heavy atom. The van der Waals surface area contributed by atoms with Crippen LogP contribution in [0.1, 0.15) is 61.9 Å². The zero-order valence-corrected chi connectivity index (χ0v) is 26.1. The van der Waals surface area contributed by atoms with Crippen molar-refractivity contribution in [1.82, 2.24) is 4.57 Å². The molecule has 42 heavy (non-hydrogen) atoms. The molecule has 0 N–H and O–H groups in total. The van der Waals surface area contributed by atoms with Crippen LogP contribution in [0, 0.1) is 5.82 Å². The van der Waals surface area contributed by atoms with E-state index in [2.05, 4.69) is 34.8 Å². The van der Waals surface area contributed by atoms with Gasteiger partial charge in [-0.15, -0.1) is 0 Å². The van der Waals surface area contributed by atoms with Gasteiger partial charge in [0, 0.05) is 5.56 Å². The van der Waals surface area contributed by atoms with Crippen molar-refractivity contribution < 1.29 is 18.7 Å². The Labute approximate surface area is 255 Å². The molecule has 0 bridgehead atoms. The summed E-state index contributed by atoms with van der Waals surface area (Å²) < 4.78 is 27.9. The van der Waals surface area contributed by atoms with E-state index in [0.717, 1.165) is 16.7 Å². The highest BCUT2D eigenvalue weighted by Crippen LogP contribution is 2.32. The van der Waals surface area contributed by atoms with E-state index in [4.69, 9.17) is 9.47 Å². The maximum absolute atomic E-state index is 14.0. The summed E-state index contributed by atoms with van der Waals surface area (Å²) in [5, 5.41) is 0. The number of aromatic nitrogens is 1. The number of ether oxygens (including phenoxy) is 2. The van der Waals surface area contributed by atoms with Crippen LogP contribution < -0.4 is 19.6 Å². The molecule has 1 unspecified atom stereocenters. The van der Waals surface area contributed by atoms with Crippen LogP contribution in [0.2, 0.25) is 0 Å². The van der Waals surface area contributed by atoms with Gasteiger partial charge in [0.15, 0.2) is 4.80 Å². The lowest BCUT2D eigenvalue weighted by Gasteiger charge is -2.25. The van der Waals surface area contributed by atoms with Gasteiger partial charge >= 0.3 is 5.97 Å². The molecule has 1 aromatic heterocycles. The van der Waals surface area contributed by atoms with Crippen LogP contribution in [0.3, 0.4) is 0 Å². The first-order valence-electron chi connectivity index (χ1n) is 13.6. The number of hydrogen-bond acceptors (Lipinski definition) is 6. The quantitative estimate of drug-likeness (QED) is 0.207. The molecule has 0 fully saturated rings. The maximum Gasteiger partial charge on any atom is 0.338 e. The first-order chi connectivity index (χ1) is 20.2. The van der Waals surface area contributed by atoms with Crippen molar-refractivity contribution in [3.05, 3.63) is 130 Å². The Morgan fingerprint density at radius 2 is 1.88 bits per heavy atom. The average molecular weight is 650 g/mol. The van der Waals surface area contributed by atoms with E-state index in [1.165, 1.54) is 17.4 Å². The van der Waals surface area contributed by atoms with Crippen molar-refractivity contribution in [2.45, 2.75) is 46.3 Å². The maximum atomic E-state index is 14.0. The number of thiazole rings is 1. The van der Waals surface area contributed by atoms with Gasteiger partial charge in [-0.1, -0.05) is 73.7 Å². The Balaban J connectivity index is 1.53. The van der Waals surface area contributed by atoms with Gasteiger partial charge in [-0.05, 0) is 76.7 Å². The van der Waals surface area contributed by atoms with E-state index in [1.807, 2.05) is 36.4 Å². The Bertz CT molecular complexity index is 1860. The summed E-state index contributed by atoms with van der Waals surface area (Å²) in [6, 6.07) is 19.2. The number of carbonyl (C=O) groups is 1. The van der Waals surface area contributed by atoms with Gasteiger partial charge in [0.05, 0.1) is 32.9 Å². The van der Waals surface area contributed by atoms with Crippen molar-refractivity contribution in [1.29, 1.82) is 0 Å². The first kappa shape index (κ1) is 29.7. The number of carbonyl (C=O) groups excluding carboxylic acids is 1. The Morgan fingerprint density at radius 3 is 2.55 bits per heavy atom. The summed E-state index contributed by atoms with van der Waals surface area (Å²) in [6.45, 7) is 8.07. The number of allylic oxidation sites excluding steroid dienone is 1. The molecule has 5 rings (SSSR count). The van der Waals surface area contributed by atoms with Gasteiger partial charge in [0.2, 0.25) is 0 Å². The van der Waals surface area contributed by atoms with Gasteiger partial charge in [0.25, 0.3) is 5.56 Å². The van der Waals surface area contributed by atoms with Crippen LogP contribution in [0.15, 0.2) is 92.3 Å². The molecule has 9 heteroatoms. The highest BCUT2D eigenvalue weighted by molar-refractivity contribution is 9.10. The minimum absolute atomic E-state index is 0.0868. The molecule has 0 radical (unpaired) electrons. The standard InChI is InChI=1S/C33H30BrFN2O4S/c1-5-40-32(39)29-20(4)36-33-37(30(29)23-13-11-22(12-14-23)19(2)3)31(38)28(42-33)17-21-10-15-27(25(34)16-21)41-18-24-8-6-7-9-26(24)35/h6-17,19,30H,5,18H2,1-4H3. The second kappa shape index (κ2) is 12.6. The predicted octanol–water partition coefficient (Wildman–Crippen LogP) is 6.40. The number of esters is 1. The lowest BCUT2D eigenvalue weighted by Crippen LogP contribution is -2.39. The second-order valence-electron chi connectivity index (χ2n) is 10.2. The van der Waals surface area contributed by atoms with Crippen LogP contribution in [-0.2, 0) is 16.1 Å². The van der Waals surface area contributed by atoms with E-state index < -0.39 is 12.0 Å². The molecule has 0 saturated carbocycles. The number of rotatable bonds is 8. The van der Waals surface area contributed by atoms with Crippen molar-refractivity contribution in [2.24, 2.45) is 4.99 Å². The first-order valence-corrected chi connectivity index (χ1v) is 15.2. The molecular formula is C33H30BrFN2O4S. The molecule has 4 aromatic rings. The third kappa shape index (κ3) is 6.03. The van der Waals surface area contributed by atoms with Crippen molar-refractivity contribution >= 4 is 39.3 Å². The highest BCUT2D eigenvalue weighted by Gasteiger charge is 2.33. The van der Waals surface area contributed by atoms with Crippen LogP contribution in [0.25, 0.3) is 6.08 Å². The lowest BCUT2D eigenvalue weighted by molar-refractivity contribution is -0.139. The van der Waals surface area contributed by atoms with Gasteiger partial charge in [-0.25, -0.2) is 14.2 Å². The summed E-state index contributed by atoms with van der Waals surface area (Å²) in [5.74, 6) is 0.0897. The van der Waals surface area contributed by atoms with Crippen LogP contribution in [0.5, 0.6) is 5.75 Å². The monoisotopic (exact) mass is 648 g/mol. The Kier molecular flexibility index (Phi) is 8.89. The molecule has 0 aliphatic carbocycles. The molecule has 216 valence electrons. The van der Waals surface area contributed by atoms with Crippen molar-refractivity contribution in [2.75, 3.05) is 6.61 Å². The van der Waals surface area contributed by atoms with E-state index in [1.54, 1.807) is 48.8 Å². The summed E-state index contributed by atoms with van der Waals surface area (Å²) >= 11 is 4.80. The molecule has 0 spiro atoms. The largest absolute Gasteiger partial charge is 0.488 e. The average Bonchev–Trinajstić information content (AvgIpc) is 3.26. The fourth-order valence-electron chi connectivity index (χ4n) is 4.82. The third-order valence-electron chi connectivity index (χ3n) is 7.03. The van der Waals surface area contributed by atoms with Crippen LogP contribution in [-0.4, -0.2) is 17.1 Å². The van der Waals surface area contributed by atoms with Crippen LogP contribution in [0.4, 0.5) is 4.39 Å². The molecule has 3 aromatic carbocycles. The van der Waals surface area contributed by atoms with Crippen molar-refractivity contribution in [3.8, 4) is 5.75 Å². The minimum atomic E-state index is -0.662. The van der Waals surface area contributed by atoms with Crippen molar-refractivity contribution in [3.63, 3.8) is 0 Å². The van der Waals surface area contributed by atoms with Gasteiger partial charge in [0.1, 0.15) is 18.2 Å².